The van der Waals surface area contributed by atoms with Gasteiger partial charge in [0.15, 0.2) is 23.0 Å². The third-order valence-electron chi connectivity index (χ3n) is 12.5. The highest BCUT2D eigenvalue weighted by molar-refractivity contribution is 6.05. The van der Waals surface area contributed by atoms with Crippen LogP contribution in [0.25, 0.3) is 0 Å². The molecule has 6 aromatic carbocycles. The second kappa shape index (κ2) is 27.2. The van der Waals surface area contributed by atoms with E-state index in [1.165, 1.54) is 36.5 Å². The van der Waals surface area contributed by atoms with Crippen LogP contribution in [0.2, 0.25) is 0 Å². The lowest BCUT2D eigenvalue weighted by Gasteiger charge is -2.34. The van der Waals surface area contributed by atoms with Crippen molar-refractivity contribution in [3.05, 3.63) is 177 Å². The number of rotatable bonds is 15. The number of hydrogen-bond donors (Lipinski definition) is 5. The SMILES string of the molecule is CC(C)(C)C=O.COc1ccc(C(=O)NCc2cccc(C(=O)Nc3ccc4c(c3)CN(CC(C)(C)C)CC4)c2)cc1OC.COc1ccc(C(=O)NCc2cccc(C(=O)Nc3ccc4c(c3)CNCC4)c2)cc1OC. The Kier molecular flexibility index (Phi) is 20.5. The number of ether oxygens (including phenoxy) is 4. The Hall–Kier alpha value is -8.01. The van der Waals surface area contributed by atoms with Gasteiger partial charge in [-0.05, 0) is 143 Å². The van der Waals surface area contributed by atoms with Crippen molar-refractivity contribution in [2.24, 2.45) is 10.8 Å². The van der Waals surface area contributed by atoms with E-state index in [4.69, 9.17) is 18.9 Å². The fourth-order valence-electron chi connectivity index (χ4n) is 8.63. The molecule has 8 rings (SSSR count). The van der Waals surface area contributed by atoms with Gasteiger partial charge in [0.05, 0.1) is 28.4 Å². The van der Waals surface area contributed by atoms with Crippen molar-refractivity contribution in [3.8, 4) is 23.0 Å². The van der Waals surface area contributed by atoms with Gasteiger partial charge in [-0.2, -0.15) is 0 Å². The van der Waals surface area contributed by atoms with Gasteiger partial charge < -0.3 is 50.3 Å². The third kappa shape index (κ3) is 17.5. The van der Waals surface area contributed by atoms with Gasteiger partial charge in [0.2, 0.25) is 0 Å². The van der Waals surface area contributed by atoms with E-state index in [9.17, 15) is 24.0 Å². The Labute approximate surface area is 453 Å². The average Bonchev–Trinajstić information content (AvgIpc) is 3.43. The highest BCUT2D eigenvalue weighted by Crippen LogP contribution is 2.30. The first-order valence-electron chi connectivity index (χ1n) is 25.7. The van der Waals surface area contributed by atoms with Crippen molar-refractivity contribution < 1.29 is 42.9 Å². The summed E-state index contributed by atoms with van der Waals surface area (Å²) in [6.45, 7) is 17.8. The van der Waals surface area contributed by atoms with Gasteiger partial charge >= 0.3 is 0 Å². The summed E-state index contributed by atoms with van der Waals surface area (Å²) in [6.07, 6.45) is 2.96. The van der Waals surface area contributed by atoms with Crippen molar-refractivity contribution in [2.45, 2.75) is 80.6 Å². The van der Waals surface area contributed by atoms with E-state index < -0.39 is 0 Å². The second-order valence-electron chi connectivity index (χ2n) is 21.2. The monoisotopic (exact) mass is 1050 g/mol. The van der Waals surface area contributed by atoms with Gasteiger partial charge in [0.1, 0.15) is 6.29 Å². The van der Waals surface area contributed by atoms with Gasteiger partial charge in [-0.3, -0.25) is 24.1 Å². The highest BCUT2D eigenvalue weighted by Gasteiger charge is 2.22. The zero-order valence-corrected chi connectivity index (χ0v) is 46.1. The number of fused-ring (bicyclic) bond motifs is 2. The minimum absolute atomic E-state index is 0.139. The topological polar surface area (TPSA) is 186 Å². The minimum Gasteiger partial charge on any atom is -0.493 e. The predicted molar refractivity (Wildman–Crippen MR) is 302 cm³/mol. The highest BCUT2D eigenvalue weighted by atomic mass is 16.5. The molecule has 0 spiro atoms. The molecular weight excluding hydrogens is 973 g/mol. The van der Waals surface area contributed by atoms with Gasteiger partial charge in [0.25, 0.3) is 23.6 Å². The average molecular weight is 1050 g/mol. The molecule has 0 atom stereocenters. The predicted octanol–water partition coefficient (Wildman–Crippen LogP) is 10.1. The zero-order chi connectivity index (χ0) is 55.7. The maximum atomic E-state index is 13.0. The van der Waals surface area contributed by atoms with Crippen LogP contribution >= 0.6 is 0 Å². The van der Waals surface area contributed by atoms with Crippen LogP contribution in [0.1, 0.15) is 116 Å². The Morgan fingerprint density at radius 1 is 0.532 bits per heavy atom. The lowest BCUT2D eigenvalue weighted by molar-refractivity contribution is -0.113. The van der Waals surface area contributed by atoms with Gasteiger partial charge in [-0.25, -0.2) is 0 Å². The fraction of sp³-hybridized carbons (Fsp3) is 0.339. The second-order valence-corrected chi connectivity index (χ2v) is 21.2. The summed E-state index contributed by atoms with van der Waals surface area (Å²) in [4.78, 5) is 63.4. The molecule has 77 heavy (non-hydrogen) atoms. The Bertz CT molecular complexity index is 3030. The smallest absolute Gasteiger partial charge is 0.255 e. The molecule has 15 nitrogen and oxygen atoms in total. The quantitative estimate of drug-likeness (QED) is 0.0617. The lowest BCUT2D eigenvalue weighted by atomic mass is 9.93. The molecule has 0 aromatic heterocycles. The van der Waals surface area contributed by atoms with Crippen LogP contribution in [-0.2, 0) is 43.8 Å². The number of hydrogen-bond acceptors (Lipinski definition) is 11. The largest absolute Gasteiger partial charge is 0.493 e. The van der Waals surface area contributed by atoms with E-state index in [1.54, 1.807) is 74.9 Å². The molecule has 0 saturated heterocycles. The summed E-state index contributed by atoms with van der Waals surface area (Å²) < 4.78 is 21.0. The normalized spacial score (nSPS) is 12.8. The maximum absolute atomic E-state index is 13.0. The molecule has 4 amide bonds. The Morgan fingerprint density at radius 2 is 0.987 bits per heavy atom. The summed E-state index contributed by atoms with van der Waals surface area (Å²) in [5, 5.41) is 15.1. The number of methoxy groups -OCH3 is 4. The number of anilines is 2. The molecule has 2 aliphatic rings. The molecular formula is C62H74N6O9. The van der Waals surface area contributed by atoms with Crippen LogP contribution < -0.4 is 45.5 Å². The Balaban J connectivity index is 0.000000227. The number of amides is 4. The lowest BCUT2D eigenvalue weighted by Crippen LogP contribution is -2.36. The molecule has 0 bridgehead atoms. The van der Waals surface area contributed by atoms with Gasteiger partial charge in [-0.1, -0.05) is 77.9 Å². The number of nitrogens with zero attached hydrogens (tertiary/aromatic N) is 1. The number of carbonyl (C=O) groups is 5. The summed E-state index contributed by atoms with van der Waals surface area (Å²) in [6, 6.07) is 36.7. The molecule has 0 fully saturated rings. The molecule has 0 aliphatic carbocycles. The molecule has 0 unspecified atom stereocenters. The van der Waals surface area contributed by atoms with Gasteiger partial charge in [0, 0.05) is 78.3 Å². The van der Waals surface area contributed by atoms with Crippen LogP contribution in [-0.4, -0.2) is 82.9 Å². The van der Waals surface area contributed by atoms with Crippen molar-refractivity contribution in [1.82, 2.24) is 20.9 Å². The number of benzene rings is 6. The zero-order valence-electron chi connectivity index (χ0n) is 46.1. The van der Waals surface area contributed by atoms with E-state index >= 15 is 0 Å². The van der Waals surface area contributed by atoms with Crippen molar-refractivity contribution in [2.75, 3.05) is 58.7 Å². The van der Waals surface area contributed by atoms with Gasteiger partial charge in [-0.15, -0.1) is 0 Å². The van der Waals surface area contributed by atoms with E-state index in [-0.39, 0.29) is 41.0 Å². The maximum Gasteiger partial charge on any atom is 0.255 e. The third-order valence-corrected chi connectivity index (χ3v) is 12.5. The summed E-state index contributed by atoms with van der Waals surface area (Å²) in [5.74, 6) is 1.24. The van der Waals surface area contributed by atoms with E-state index in [0.717, 1.165) is 74.4 Å². The molecule has 2 aliphatic heterocycles. The Morgan fingerprint density at radius 3 is 1.44 bits per heavy atom. The first kappa shape index (κ1) is 58.3. The van der Waals surface area contributed by atoms with Crippen molar-refractivity contribution >= 4 is 41.3 Å². The molecule has 2 heterocycles. The van der Waals surface area contributed by atoms with Crippen molar-refractivity contribution in [1.29, 1.82) is 0 Å². The van der Waals surface area contributed by atoms with Crippen LogP contribution in [0, 0.1) is 10.8 Å². The van der Waals surface area contributed by atoms with Crippen LogP contribution in [0.3, 0.4) is 0 Å². The number of carbonyl (C=O) groups excluding carboxylic acids is 5. The first-order valence-corrected chi connectivity index (χ1v) is 25.7. The first-order chi connectivity index (χ1) is 36.8. The molecule has 0 saturated carbocycles. The van der Waals surface area contributed by atoms with Crippen LogP contribution in [0.5, 0.6) is 23.0 Å². The van der Waals surface area contributed by atoms with Crippen LogP contribution in [0.15, 0.2) is 121 Å². The number of aldehydes is 1. The fourth-order valence-corrected chi connectivity index (χ4v) is 8.63. The summed E-state index contributed by atoms with van der Waals surface area (Å²) in [7, 11) is 6.15. The minimum atomic E-state index is -0.242. The van der Waals surface area contributed by atoms with Crippen molar-refractivity contribution in [3.63, 3.8) is 0 Å². The molecule has 6 aromatic rings. The van der Waals surface area contributed by atoms with E-state index in [1.807, 2.05) is 63.2 Å². The van der Waals surface area contributed by atoms with Crippen LogP contribution in [0.4, 0.5) is 11.4 Å². The summed E-state index contributed by atoms with van der Waals surface area (Å²) in [5.41, 5.74) is 10.5. The molecule has 406 valence electrons. The summed E-state index contributed by atoms with van der Waals surface area (Å²) >= 11 is 0. The van der Waals surface area contributed by atoms with E-state index in [2.05, 4.69) is 70.5 Å². The molecule has 0 radical (unpaired) electrons. The molecule has 15 heteroatoms. The molecule has 5 N–H and O–H groups in total. The number of nitrogens with one attached hydrogen (secondary N) is 5. The standard InChI is InChI=1S/C31H37N3O4.C26H27N3O4.C5H10O/c1-31(2,3)20-34-14-13-22-9-11-26(16-25(22)19-34)33-30(36)23-8-6-7-21(15-23)18-32-29(35)24-10-12-27(37-4)28(17-24)38-5;1-32-23-9-7-20(14-24(23)33-2)25(30)28-15-17-4-3-5-19(12-17)26(31)29-22-8-6-18-10-11-27-16-21(18)13-22;1-5(2,3)4-6/h6-12,15-17H,13-14,18-20H2,1-5H3,(H,32,35)(H,33,36);3-9,12-14,27H,10-11,15-16H2,1-2H3,(H,28,30)(H,29,31);4H,1-3H3. The van der Waals surface area contributed by atoms with E-state index in [0.29, 0.717) is 51.8 Å².